The summed E-state index contributed by atoms with van der Waals surface area (Å²) in [6.45, 7) is 8.58. The minimum absolute atomic E-state index is 0.0367. The van der Waals surface area contributed by atoms with E-state index in [9.17, 15) is 9.59 Å². The van der Waals surface area contributed by atoms with Gasteiger partial charge >= 0.3 is 0 Å². The van der Waals surface area contributed by atoms with E-state index in [-0.39, 0.29) is 11.8 Å². The molecule has 1 aliphatic heterocycles. The second-order valence-corrected chi connectivity index (χ2v) is 9.49. The van der Waals surface area contributed by atoms with Crippen molar-refractivity contribution in [3.05, 3.63) is 76.3 Å². The maximum atomic E-state index is 12.8. The summed E-state index contributed by atoms with van der Waals surface area (Å²) < 4.78 is 0. The van der Waals surface area contributed by atoms with Gasteiger partial charge in [-0.15, -0.1) is 11.3 Å². The Kier molecular flexibility index (Phi) is 6.70. The second kappa shape index (κ2) is 9.65. The molecule has 32 heavy (non-hydrogen) atoms. The third-order valence-corrected chi connectivity index (χ3v) is 6.87. The molecule has 6 heteroatoms. The third kappa shape index (κ3) is 5.07. The molecule has 5 nitrogen and oxygen atoms in total. The van der Waals surface area contributed by atoms with Gasteiger partial charge in [-0.05, 0) is 30.5 Å². The highest BCUT2D eigenvalue weighted by Gasteiger charge is 2.25. The van der Waals surface area contributed by atoms with Gasteiger partial charge in [-0.2, -0.15) is 0 Å². The minimum atomic E-state index is 0.0367. The van der Waals surface area contributed by atoms with Crippen LogP contribution in [0.25, 0.3) is 10.6 Å². The van der Waals surface area contributed by atoms with Crippen LogP contribution in [-0.4, -0.2) is 52.8 Å². The lowest BCUT2D eigenvalue weighted by atomic mass is 10.0. The molecule has 1 aromatic heterocycles. The quantitative estimate of drug-likeness (QED) is 0.566. The summed E-state index contributed by atoms with van der Waals surface area (Å²) >= 11 is 1.57. The van der Waals surface area contributed by atoms with Gasteiger partial charge in [0.25, 0.3) is 5.91 Å². The van der Waals surface area contributed by atoms with Crippen molar-refractivity contribution in [2.75, 3.05) is 26.2 Å². The number of carbonyl (C=O) groups excluding carboxylic acids is 2. The number of aryl methyl sites for hydroxylation is 1. The van der Waals surface area contributed by atoms with E-state index in [1.807, 2.05) is 39.4 Å². The summed E-state index contributed by atoms with van der Waals surface area (Å²) in [6, 6.07) is 16.1. The molecular formula is C26H29N3O2S. The van der Waals surface area contributed by atoms with Crippen LogP contribution in [0, 0.1) is 6.92 Å². The van der Waals surface area contributed by atoms with E-state index in [4.69, 9.17) is 0 Å². The highest BCUT2D eigenvalue weighted by Crippen LogP contribution is 2.24. The van der Waals surface area contributed by atoms with Crippen LogP contribution in [-0.2, 0) is 11.2 Å². The van der Waals surface area contributed by atoms with Crippen LogP contribution in [0.1, 0.15) is 46.9 Å². The predicted octanol–water partition coefficient (Wildman–Crippen LogP) is 4.77. The lowest BCUT2D eigenvalue weighted by molar-refractivity contribution is -0.132. The molecule has 2 amide bonds. The van der Waals surface area contributed by atoms with Gasteiger partial charge in [-0.25, -0.2) is 4.98 Å². The molecule has 0 unspecified atom stereocenters. The van der Waals surface area contributed by atoms with Crippen molar-refractivity contribution in [3.63, 3.8) is 0 Å². The van der Waals surface area contributed by atoms with E-state index in [0.717, 1.165) is 16.3 Å². The van der Waals surface area contributed by atoms with Gasteiger partial charge in [0.1, 0.15) is 5.01 Å². The van der Waals surface area contributed by atoms with E-state index in [2.05, 4.69) is 50.0 Å². The fraction of sp³-hybridized carbons (Fsp3) is 0.346. The number of thiazole rings is 1. The van der Waals surface area contributed by atoms with Gasteiger partial charge in [0, 0.05) is 42.7 Å². The average molecular weight is 448 g/mol. The Morgan fingerprint density at radius 2 is 1.56 bits per heavy atom. The summed E-state index contributed by atoms with van der Waals surface area (Å²) in [5.41, 5.74) is 5.03. The zero-order valence-electron chi connectivity index (χ0n) is 18.9. The Hall–Kier alpha value is -2.99. The number of nitrogens with zero attached hydrogens (tertiary/aromatic N) is 3. The molecule has 0 aliphatic carbocycles. The number of amides is 2. The molecule has 3 aromatic rings. The largest absolute Gasteiger partial charge is 0.339 e. The maximum Gasteiger partial charge on any atom is 0.253 e. The number of carbonyl (C=O) groups is 2. The second-order valence-electron chi connectivity index (χ2n) is 8.64. The Morgan fingerprint density at radius 1 is 0.938 bits per heavy atom. The molecule has 0 N–H and O–H groups in total. The number of hydrogen-bond donors (Lipinski definition) is 0. The van der Waals surface area contributed by atoms with Crippen LogP contribution in [0.15, 0.2) is 53.9 Å². The summed E-state index contributed by atoms with van der Waals surface area (Å²) in [5, 5.41) is 2.90. The predicted molar refractivity (Wildman–Crippen MR) is 129 cm³/mol. The normalized spacial score (nSPS) is 14.1. The number of aromatic nitrogens is 1. The van der Waals surface area contributed by atoms with Crippen LogP contribution in [0.4, 0.5) is 0 Å². The molecule has 1 saturated heterocycles. The zero-order valence-corrected chi connectivity index (χ0v) is 19.7. The first-order chi connectivity index (χ1) is 15.4. The molecule has 0 spiro atoms. The number of rotatable bonds is 5. The first-order valence-corrected chi connectivity index (χ1v) is 12.0. The molecule has 0 saturated carbocycles. The van der Waals surface area contributed by atoms with Crippen molar-refractivity contribution >= 4 is 23.2 Å². The molecule has 0 bridgehead atoms. The molecule has 0 atom stereocenters. The van der Waals surface area contributed by atoms with Gasteiger partial charge in [-0.1, -0.05) is 55.8 Å². The molecule has 0 radical (unpaired) electrons. The Morgan fingerprint density at radius 3 is 2.19 bits per heavy atom. The molecule has 2 aromatic carbocycles. The fourth-order valence-corrected chi connectivity index (χ4v) is 4.66. The van der Waals surface area contributed by atoms with Crippen LogP contribution >= 0.6 is 11.3 Å². The van der Waals surface area contributed by atoms with Crippen LogP contribution < -0.4 is 0 Å². The minimum Gasteiger partial charge on any atom is -0.339 e. The van der Waals surface area contributed by atoms with E-state index >= 15 is 0 Å². The Balaban J connectivity index is 1.31. The van der Waals surface area contributed by atoms with Crippen LogP contribution in [0.5, 0.6) is 0 Å². The van der Waals surface area contributed by atoms with Crippen molar-refractivity contribution in [2.24, 2.45) is 0 Å². The van der Waals surface area contributed by atoms with Gasteiger partial charge < -0.3 is 9.80 Å². The fourth-order valence-electron chi connectivity index (χ4n) is 3.84. The number of benzene rings is 2. The van der Waals surface area contributed by atoms with Gasteiger partial charge in [0.2, 0.25) is 5.91 Å². The summed E-state index contributed by atoms with van der Waals surface area (Å²) in [7, 11) is 0. The number of piperazine rings is 1. The van der Waals surface area contributed by atoms with E-state index < -0.39 is 0 Å². The summed E-state index contributed by atoms with van der Waals surface area (Å²) in [5.74, 6) is 0.549. The summed E-state index contributed by atoms with van der Waals surface area (Å²) in [4.78, 5) is 34.0. The van der Waals surface area contributed by atoms with Gasteiger partial charge in [0.15, 0.2) is 0 Å². The first kappa shape index (κ1) is 22.2. The van der Waals surface area contributed by atoms with Crippen molar-refractivity contribution in [1.29, 1.82) is 0 Å². The molecule has 1 fully saturated rings. The monoisotopic (exact) mass is 447 g/mol. The molecule has 1 aliphatic rings. The Labute approximate surface area is 193 Å². The van der Waals surface area contributed by atoms with Crippen molar-refractivity contribution in [2.45, 2.75) is 33.1 Å². The molecular weight excluding hydrogens is 418 g/mol. The molecule has 2 heterocycles. The standard InChI is InChI=1S/C26H29N3O2S/c1-18(2)20-8-10-22(11-9-20)26(31)29-14-12-28(13-15-29)24(30)16-23-17-32-25(27-23)21-6-4-19(3)5-7-21/h4-11,17-18H,12-16H2,1-3H3. The smallest absolute Gasteiger partial charge is 0.253 e. The van der Waals surface area contributed by atoms with Crippen LogP contribution in [0.3, 0.4) is 0 Å². The Bertz CT molecular complexity index is 1080. The highest BCUT2D eigenvalue weighted by atomic mass is 32.1. The van der Waals surface area contributed by atoms with Crippen molar-refractivity contribution in [3.8, 4) is 10.6 Å². The average Bonchev–Trinajstić information content (AvgIpc) is 3.27. The lowest BCUT2D eigenvalue weighted by Gasteiger charge is -2.34. The van der Waals surface area contributed by atoms with E-state index in [0.29, 0.717) is 44.1 Å². The van der Waals surface area contributed by atoms with E-state index in [1.165, 1.54) is 11.1 Å². The highest BCUT2D eigenvalue weighted by molar-refractivity contribution is 7.13. The lowest BCUT2D eigenvalue weighted by Crippen LogP contribution is -2.51. The van der Waals surface area contributed by atoms with Gasteiger partial charge in [0.05, 0.1) is 12.1 Å². The SMILES string of the molecule is Cc1ccc(-c2nc(CC(=O)N3CCN(C(=O)c4ccc(C(C)C)cc4)CC3)cs2)cc1. The first-order valence-electron chi connectivity index (χ1n) is 11.1. The maximum absolute atomic E-state index is 12.8. The van der Waals surface area contributed by atoms with Crippen molar-refractivity contribution in [1.82, 2.24) is 14.8 Å². The van der Waals surface area contributed by atoms with Crippen LogP contribution in [0.2, 0.25) is 0 Å². The van der Waals surface area contributed by atoms with E-state index in [1.54, 1.807) is 11.3 Å². The molecule has 166 valence electrons. The number of hydrogen-bond acceptors (Lipinski definition) is 4. The molecule has 4 rings (SSSR count). The zero-order chi connectivity index (χ0) is 22.7. The van der Waals surface area contributed by atoms with Crippen molar-refractivity contribution < 1.29 is 9.59 Å². The third-order valence-electron chi connectivity index (χ3n) is 5.93. The van der Waals surface area contributed by atoms with Gasteiger partial charge in [-0.3, -0.25) is 9.59 Å². The summed E-state index contributed by atoms with van der Waals surface area (Å²) in [6.07, 6.45) is 0.299. The topological polar surface area (TPSA) is 53.5 Å².